The summed E-state index contributed by atoms with van der Waals surface area (Å²) in [5.74, 6) is -0.429. The molecule has 4 rings (SSSR count). The number of pyridine rings is 2. The van der Waals surface area contributed by atoms with Crippen LogP contribution in [-0.4, -0.2) is 45.9 Å². The average Bonchev–Trinajstić information content (AvgIpc) is 2.83. The first-order chi connectivity index (χ1) is 17.0. The predicted octanol–water partition coefficient (Wildman–Crippen LogP) is 4.44. The summed E-state index contributed by atoms with van der Waals surface area (Å²) in [6, 6.07) is 11.5. The molecule has 0 radical (unpaired) electrons. The lowest BCUT2D eigenvalue weighted by Crippen LogP contribution is -2.59. The lowest BCUT2D eigenvalue weighted by molar-refractivity contribution is 0.0432. The van der Waals surface area contributed by atoms with E-state index in [1.807, 2.05) is 0 Å². The van der Waals surface area contributed by atoms with E-state index in [1.54, 1.807) is 35.9 Å². The molecule has 0 bridgehead atoms. The topological polar surface area (TPSA) is 82.2 Å². The maximum absolute atomic E-state index is 13.9. The summed E-state index contributed by atoms with van der Waals surface area (Å²) in [6.07, 6.45) is 0.728. The van der Waals surface area contributed by atoms with Crippen molar-refractivity contribution in [3.8, 4) is 6.07 Å². The van der Waals surface area contributed by atoms with Crippen LogP contribution in [0.4, 0.5) is 10.1 Å². The molecular formula is C28H32FN5O2. The van der Waals surface area contributed by atoms with Crippen LogP contribution >= 0.6 is 0 Å². The average molecular weight is 490 g/mol. The third kappa shape index (κ3) is 4.51. The molecule has 1 aliphatic rings. The van der Waals surface area contributed by atoms with Crippen LogP contribution in [0.3, 0.4) is 0 Å². The van der Waals surface area contributed by atoms with Crippen molar-refractivity contribution >= 4 is 23.0 Å². The zero-order valence-corrected chi connectivity index (χ0v) is 21.6. The molecule has 2 aromatic heterocycles. The minimum absolute atomic E-state index is 0.00836. The first kappa shape index (κ1) is 25.5. The number of piperazine rings is 1. The molecule has 0 amide bonds. The number of aryl methyl sites for hydroxylation is 1. The quantitative estimate of drug-likeness (QED) is 0.504. The fraction of sp³-hybridized carbons (Fsp3) is 0.429. The van der Waals surface area contributed by atoms with Crippen molar-refractivity contribution in [2.75, 3.05) is 18.0 Å². The molecule has 0 spiro atoms. The summed E-state index contributed by atoms with van der Waals surface area (Å²) < 4.78 is 15.5. The third-order valence-electron chi connectivity index (χ3n) is 7.15. The second kappa shape index (κ2) is 9.47. The van der Waals surface area contributed by atoms with E-state index in [0.29, 0.717) is 41.1 Å². The number of carbonyl (C=O) groups is 1. The van der Waals surface area contributed by atoms with Gasteiger partial charge in [0.15, 0.2) is 0 Å². The standard InChI is InChI=1S/C28H32FN5O2/c1-17-15-34(27(28(3,4)5)22-9-7-20(29)11-19(22)16-35)18(2)14-33(17)24-12-25(36)32(6)23-10-8-21(13-30)31-26(23)24/h7-12,16-18,27H,14-15H2,1-6H3/t17-,18+,27?/m0/s1. The molecule has 3 aromatic rings. The Hall–Kier alpha value is -3.57. The van der Waals surface area contributed by atoms with Gasteiger partial charge in [0.25, 0.3) is 5.56 Å². The Morgan fingerprint density at radius 2 is 1.86 bits per heavy atom. The van der Waals surface area contributed by atoms with Crippen molar-refractivity contribution < 1.29 is 9.18 Å². The van der Waals surface area contributed by atoms with Gasteiger partial charge >= 0.3 is 0 Å². The largest absolute Gasteiger partial charge is 0.364 e. The minimum atomic E-state index is -0.429. The zero-order chi connectivity index (χ0) is 26.4. The van der Waals surface area contributed by atoms with Crippen LogP contribution in [0.1, 0.15) is 62.3 Å². The Kier molecular flexibility index (Phi) is 6.72. The number of hydrogen-bond acceptors (Lipinski definition) is 6. The number of hydrogen-bond donors (Lipinski definition) is 0. The van der Waals surface area contributed by atoms with Crippen LogP contribution in [0.2, 0.25) is 0 Å². The molecule has 0 aliphatic carbocycles. The van der Waals surface area contributed by atoms with Gasteiger partial charge in [0, 0.05) is 49.9 Å². The Morgan fingerprint density at radius 1 is 1.14 bits per heavy atom. The van der Waals surface area contributed by atoms with Crippen molar-refractivity contribution in [3.63, 3.8) is 0 Å². The molecule has 1 fully saturated rings. The molecule has 1 aliphatic heterocycles. The Labute approximate surface area is 210 Å². The molecule has 188 valence electrons. The van der Waals surface area contributed by atoms with E-state index in [1.165, 1.54) is 12.1 Å². The van der Waals surface area contributed by atoms with Crippen molar-refractivity contribution in [1.82, 2.24) is 14.5 Å². The van der Waals surface area contributed by atoms with Gasteiger partial charge in [-0.3, -0.25) is 14.5 Å². The number of benzene rings is 1. The van der Waals surface area contributed by atoms with Gasteiger partial charge in [0.1, 0.15) is 29.4 Å². The van der Waals surface area contributed by atoms with Gasteiger partial charge in [-0.25, -0.2) is 9.37 Å². The first-order valence-electron chi connectivity index (χ1n) is 12.1. The minimum Gasteiger partial charge on any atom is -0.364 e. The molecule has 8 heteroatoms. The molecule has 3 atom stereocenters. The smallest absolute Gasteiger partial charge is 0.252 e. The van der Waals surface area contributed by atoms with Crippen LogP contribution in [0.25, 0.3) is 11.0 Å². The summed E-state index contributed by atoms with van der Waals surface area (Å²) in [6.45, 7) is 11.9. The fourth-order valence-electron chi connectivity index (χ4n) is 5.48. The van der Waals surface area contributed by atoms with Crippen molar-refractivity contribution in [3.05, 3.63) is 69.4 Å². The van der Waals surface area contributed by atoms with Gasteiger partial charge in [-0.2, -0.15) is 5.26 Å². The fourth-order valence-corrected chi connectivity index (χ4v) is 5.48. The highest BCUT2D eigenvalue weighted by Gasteiger charge is 2.40. The second-order valence-electron chi connectivity index (χ2n) is 10.8. The number of carbonyl (C=O) groups excluding carboxylic acids is 1. The number of aromatic nitrogens is 2. The summed E-state index contributed by atoms with van der Waals surface area (Å²) in [5, 5.41) is 9.41. The molecule has 1 aromatic carbocycles. The lowest BCUT2D eigenvalue weighted by Gasteiger charge is -2.51. The number of rotatable bonds is 4. The Balaban J connectivity index is 1.77. The van der Waals surface area contributed by atoms with Crippen LogP contribution in [0, 0.1) is 22.6 Å². The lowest BCUT2D eigenvalue weighted by atomic mass is 9.78. The summed E-state index contributed by atoms with van der Waals surface area (Å²) in [4.78, 5) is 33.8. The number of nitrogens with zero attached hydrogens (tertiary/aromatic N) is 5. The molecule has 3 heterocycles. The highest BCUT2D eigenvalue weighted by molar-refractivity contribution is 5.89. The molecular weight excluding hydrogens is 457 g/mol. The summed E-state index contributed by atoms with van der Waals surface area (Å²) >= 11 is 0. The van der Waals surface area contributed by atoms with Crippen LogP contribution in [0.15, 0.2) is 41.2 Å². The monoisotopic (exact) mass is 489 g/mol. The van der Waals surface area contributed by atoms with Gasteiger partial charge in [0.2, 0.25) is 0 Å². The van der Waals surface area contributed by atoms with Crippen molar-refractivity contribution in [2.24, 2.45) is 12.5 Å². The Morgan fingerprint density at radius 3 is 2.50 bits per heavy atom. The van der Waals surface area contributed by atoms with E-state index in [-0.39, 0.29) is 29.1 Å². The van der Waals surface area contributed by atoms with E-state index in [4.69, 9.17) is 0 Å². The summed E-state index contributed by atoms with van der Waals surface area (Å²) in [5.41, 5.74) is 3.12. The van der Waals surface area contributed by atoms with Crippen molar-refractivity contribution in [2.45, 2.75) is 52.7 Å². The zero-order valence-electron chi connectivity index (χ0n) is 21.6. The molecule has 0 saturated carbocycles. The first-order valence-corrected chi connectivity index (χ1v) is 12.1. The van der Waals surface area contributed by atoms with Crippen LogP contribution < -0.4 is 10.5 Å². The van der Waals surface area contributed by atoms with E-state index in [0.717, 1.165) is 11.8 Å². The van der Waals surface area contributed by atoms with Crippen molar-refractivity contribution in [1.29, 1.82) is 5.26 Å². The maximum Gasteiger partial charge on any atom is 0.252 e. The Bertz CT molecular complexity index is 1420. The van der Waals surface area contributed by atoms with Crippen LogP contribution in [-0.2, 0) is 7.05 Å². The maximum atomic E-state index is 13.9. The highest BCUT2D eigenvalue weighted by atomic mass is 19.1. The highest BCUT2D eigenvalue weighted by Crippen LogP contribution is 2.42. The molecule has 1 unspecified atom stereocenters. The van der Waals surface area contributed by atoms with Gasteiger partial charge in [-0.1, -0.05) is 26.8 Å². The van der Waals surface area contributed by atoms with Gasteiger partial charge in [0.05, 0.1) is 11.2 Å². The molecule has 0 N–H and O–H groups in total. The van der Waals surface area contributed by atoms with E-state index in [2.05, 4.69) is 55.5 Å². The number of nitriles is 1. The number of aldehydes is 1. The van der Waals surface area contributed by atoms with Gasteiger partial charge < -0.3 is 9.47 Å². The summed E-state index contributed by atoms with van der Waals surface area (Å²) in [7, 11) is 1.70. The van der Waals surface area contributed by atoms with E-state index in [9.17, 15) is 19.2 Å². The van der Waals surface area contributed by atoms with Crippen LogP contribution in [0.5, 0.6) is 0 Å². The number of anilines is 1. The molecule has 1 saturated heterocycles. The van der Waals surface area contributed by atoms with Gasteiger partial charge in [-0.05, 0) is 49.1 Å². The van der Waals surface area contributed by atoms with E-state index < -0.39 is 5.82 Å². The second-order valence-corrected chi connectivity index (χ2v) is 10.8. The number of halogens is 1. The predicted molar refractivity (Wildman–Crippen MR) is 139 cm³/mol. The van der Waals surface area contributed by atoms with E-state index >= 15 is 0 Å². The molecule has 7 nitrogen and oxygen atoms in total. The normalized spacial score (nSPS) is 19.8. The van der Waals surface area contributed by atoms with Gasteiger partial charge in [-0.15, -0.1) is 0 Å². The number of fused-ring (bicyclic) bond motifs is 1. The SMILES string of the molecule is C[C@@H]1CN(c2cc(=O)n(C)c3ccc(C#N)nc23)[C@@H](C)CN1C(c1ccc(F)cc1C=O)C(C)(C)C. The third-order valence-corrected chi connectivity index (χ3v) is 7.15. The molecule has 36 heavy (non-hydrogen) atoms.